The Hall–Kier alpha value is -0.830. The molecular formula is C14H27N3. The molecule has 2 unspecified atom stereocenters. The number of nitrogens with zero attached hydrogens (tertiary/aromatic N) is 2. The molecule has 0 spiro atoms. The predicted octanol–water partition coefficient (Wildman–Crippen LogP) is 3.15. The van der Waals surface area contributed by atoms with Crippen LogP contribution in [0.1, 0.15) is 56.1 Å². The Morgan fingerprint density at radius 3 is 2.24 bits per heavy atom. The Bertz CT molecular complexity index is 355. The van der Waals surface area contributed by atoms with Crippen molar-refractivity contribution in [2.24, 2.45) is 0 Å². The summed E-state index contributed by atoms with van der Waals surface area (Å²) in [5.41, 5.74) is 3.80. The molecule has 0 radical (unpaired) electrons. The van der Waals surface area contributed by atoms with Crippen LogP contribution in [0.15, 0.2) is 0 Å². The van der Waals surface area contributed by atoms with Gasteiger partial charge in [-0.2, -0.15) is 5.10 Å². The Kier molecular flexibility index (Phi) is 5.19. The third-order valence-corrected chi connectivity index (χ3v) is 3.85. The van der Waals surface area contributed by atoms with Crippen LogP contribution >= 0.6 is 0 Å². The van der Waals surface area contributed by atoms with Crippen LogP contribution in [0, 0.1) is 20.8 Å². The molecule has 0 fully saturated rings. The van der Waals surface area contributed by atoms with Gasteiger partial charge in [0.15, 0.2) is 0 Å². The van der Waals surface area contributed by atoms with E-state index < -0.39 is 0 Å². The fourth-order valence-corrected chi connectivity index (χ4v) is 2.54. The van der Waals surface area contributed by atoms with Crippen LogP contribution in [0.5, 0.6) is 0 Å². The molecule has 0 bridgehead atoms. The first-order chi connectivity index (χ1) is 8.06. The van der Waals surface area contributed by atoms with Crippen LogP contribution in [0.2, 0.25) is 0 Å². The standard InChI is InChI=1S/C14H27N3/c1-7-9-13(15-6)14(8-2)17-12(5)10(3)11(4)16-17/h13-15H,7-9H2,1-6H3. The quantitative estimate of drug-likeness (QED) is 0.823. The second kappa shape index (κ2) is 6.20. The zero-order valence-electron chi connectivity index (χ0n) is 12.2. The number of aryl methyl sites for hydroxylation is 1. The summed E-state index contributed by atoms with van der Waals surface area (Å²) in [6.07, 6.45) is 3.53. The molecule has 0 saturated carbocycles. The maximum atomic E-state index is 4.71. The van der Waals surface area contributed by atoms with Crippen molar-refractivity contribution < 1.29 is 0 Å². The minimum atomic E-state index is 0.465. The fourth-order valence-electron chi connectivity index (χ4n) is 2.54. The van der Waals surface area contributed by atoms with Crippen molar-refractivity contribution >= 4 is 0 Å². The van der Waals surface area contributed by atoms with Gasteiger partial charge >= 0.3 is 0 Å². The SMILES string of the molecule is CCCC(NC)C(CC)n1nc(C)c(C)c1C. The zero-order chi connectivity index (χ0) is 13.0. The maximum Gasteiger partial charge on any atom is 0.0672 e. The number of nitrogens with one attached hydrogen (secondary N) is 1. The number of likely N-dealkylation sites (N-methyl/N-ethyl adjacent to an activating group) is 1. The summed E-state index contributed by atoms with van der Waals surface area (Å²) in [5, 5.41) is 8.16. The second-order valence-electron chi connectivity index (χ2n) is 4.90. The number of rotatable bonds is 6. The molecule has 17 heavy (non-hydrogen) atoms. The summed E-state index contributed by atoms with van der Waals surface area (Å²) >= 11 is 0. The third kappa shape index (κ3) is 2.89. The molecule has 1 aromatic heterocycles. The molecule has 0 saturated heterocycles. The van der Waals surface area contributed by atoms with Gasteiger partial charge in [0.2, 0.25) is 0 Å². The molecule has 0 aliphatic carbocycles. The van der Waals surface area contributed by atoms with Crippen LogP contribution in [0.3, 0.4) is 0 Å². The van der Waals surface area contributed by atoms with Crippen molar-refractivity contribution in [1.82, 2.24) is 15.1 Å². The van der Waals surface area contributed by atoms with Crippen LogP contribution in [-0.2, 0) is 0 Å². The monoisotopic (exact) mass is 237 g/mol. The third-order valence-electron chi connectivity index (χ3n) is 3.85. The van der Waals surface area contributed by atoms with Crippen LogP contribution < -0.4 is 5.32 Å². The van der Waals surface area contributed by atoms with Crippen LogP contribution in [-0.4, -0.2) is 22.9 Å². The molecule has 0 amide bonds. The largest absolute Gasteiger partial charge is 0.315 e. The first-order valence-electron chi connectivity index (χ1n) is 6.76. The molecule has 1 rings (SSSR count). The predicted molar refractivity (Wildman–Crippen MR) is 73.5 cm³/mol. The lowest BCUT2D eigenvalue weighted by Crippen LogP contribution is -2.36. The maximum absolute atomic E-state index is 4.71. The van der Waals surface area contributed by atoms with Gasteiger partial charge in [-0.15, -0.1) is 0 Å². The lowest BCUT2D eigenvalue weighted by molar-refractivity contribution is 0.309. The van der Waals surface area contributed by atoms with E-state index in [1.165, 1.54) is 24.1 Å². The Morgan fingerprint density at radius 2 is 1.88 bits per heavy atom. The lowest BCUT2D eigenvalue weighted by Gasteiger charge is -2.27. The summed E-state index contributed by atoms with van der Waals surface area (Å²) in [6, 6.07) is 0.981. The van der Waals surface area contributed by atoms with Gasteiger partial charge in [0.25, 0.3) is 0 Å². The van der Waals surface area contributed by atoms with E-state index in [1.54, 1.807) is 0 Å². The van der Waals surface area contributed by atoms with E-state index in [2.05, 4.69) is 51.7 Å². The summed E-state index contributed by atoms with van der Waals surface area (Å²) in [4.78, 5) is 0. The normalized spacial score (nSPS) is 14.9. The van der Waals surface area contributed by atoms with Gasteiger partial charge in [0.1, 0.15) is 0 Å². The van der Waals surface area contributed by atoms with Crippen LogP contribution in [0.25, 0.3) is 0 Å². The van der Waals surface area contributed by atoms with Crippen molar-refractivity contribution in [3.8, 4) is 0 Å². The number of hydrogen-bond acceptors (Lipinski definition) is 2. The molecule has 0 aliphatic rings. The lowest BCUT2D eigenvalue weighted by atomic mass is 10.0. The molecule has 0 aromatic carbocycles. The summed E-state index contributed by atoms with van der Waals surface area (Å²) in [6.45, 7) is 10.9. The molecule has 2 atom stereocenters. The van der Waals surface area contributed by atoms with Crippen molar-refractivity contribution in [3.05, 3.63) is 17.0 Å². The van der Waals surface area contributed by atoms with Crippen molar-refractivity contribution in [2.45, 2.75) is 66.0 Å². The second-order valence-corrected chi connectivity index (χ2v) is 4.90. The molecule has 1 N–H and O–H groups in total. The van der Waals surface area contributed by atoms with Crippen molar-refractivity contribution in [1.29, 1.82) is 0 Å². The van der Waals surface area contributed by atoms with E-state index in [4.69, 9.17) is 5.10 Å². The minimum absolute atomic E-state index is 0.465. The first kappa shape index (κ1) is 14.2. The summed E-state index contributed by atoms with van der Waals surface area (Å²) in [5.74, 6) is 0. The number of aromatic nitrogens is 2. The highest BCUT2D eigenvalue weighted by molar-refractivity contribution is 5.22. The molecule has 0 aliphatic heterocycles. The van der Waals surface area contributed by atoms with E-state index in [1.807, 2.05) is 0 Å². The molecular weight excluding hydrogens is 210 g/mol. The van der Waals surface area contributed by atoms with E-state index in [0.717, 1.165) is 12.1 Å². The van der Waals surface area contributed by atoms with Gasteiger partial charge in [0.05, 0.1) is 11.7 Å². The first-order valence-corrected chi connectivity index (χ1v) is 6.76. The summed E-state index contributed by atoms with van der Waals surface area (Å²) in [7, 11) is 2.06. The molecule has 98 valence electrons. The Balaban J connectivity index is 3.03. The molecule has 3 nitrogen and oxygen atoms in total. The highest BCUT2D eigenvalue weighted by atomic mass is 15.3. The smallest absolute Gasteiger partial charge is 0.0672 e. The van der Waals surface area contributed by atoms with Crippen molar-refractivity contribution in [2.75, 3.05) is 7.05 Å². The van der Waals surface area contributed by atoms with E-state index in [0.29, 0.717) is 12.1 Å². The molecule has 1 aromatic rings. The van der Waals surface area contributed by atoms with E-state index >= 15 is 0 Å². The average molecular weight is 237 g/mol. The van der Waals surface area contributed by atoms with Gasteiger partial charge in [-0.3, -0.25) is 4.68 Å². The Morgan fingerprint density at radius 1 is 1.24 bits per heavy atom. The van der Waals surface area contributed by atoms with Gasteiger partial charge in [-0.1, -0.05) is 20.3 Å². The topological polar surface area (TPSA) is 29.9 Å². The van der Waals surface area contributed by atoms with Crippen molar-refractivity contribution in [3.63, 3.8) is 0 Å². The van der Waals surface area contributed by atoms with E-state index in [9.17, 15) is 0 Å². The Labute approximate surface area is 106 Å². The van der Waals surface area contributed by atoms with Gasteiger partial charge in [-0.05, 0) is 46.2 Å². The van der Waals surface area contributed by atoms with Gasteiger partial charge < -0.3 is 5.32 Å². The number of hydrogen-bond donors (Lipinski definition) is 1. The molecule has 1 heterocycles. The average Bonchev–Trinajstić information content (AvgIpc) is 2.57. The highest BCUT2D eigenvalue weighted by Crippen LogP contribution is 2.23. The van der Waals surface area contributed by atoms with E-state index in [-0.39, 0.29) is 0 Å². The van der Waals surface area contributed by atoms with Gasteiger partial charge in [-0.25, -0.2) is 0 Å². The highest BCUT2D eigenvalue weighted by Gasteiger charge is 2.22. The zero-order valence-corrected chi connectivity index (χ0v) is 12.2. The van der Waals surface area contributed by atoms with Gasteiger partial charge in [0, 0.05) is 11.7 Å². The molecule has 3 heteroatoms. The fraction of sp³-hybridized carbons (Fsp3) is 0.786. The summed E-state index contributed by atoms with van der Waals surface area (Å²) < 4.78 is 2.22. The minimum Gasteiger partial charge on any atom is -0.315 e. The van der Waals surface area contributed by atoms with Crippen LogP contribution in [0.4, 0.5) is 0 Å².